The van der Waals surface area contributed by atoms with E-state index in [9.17, 15) is 4.79 Å². The third kappa shape index (κ3) is 3.76. The van der Waals surface area contributed by atoms with Crippen LogP contribution in [0.5, 0.6) is 11.5 Å². The van der Waals surface area contributed by atoms with E-state index in [2.05, 4.69) is 60.5 Å². The molecule has 0 aromatic heterocycles. The van der Waals surface area contributed by atoms with Crippen LogP contribution < -0.4 is 14.8 Å². The number of nitrogens with zero attached hydrogens (tertiary/aromatic N) is 2. The van der Waals surface area contributed by atoms with Gasteiger partial charge in [-0.05, 0) is 30.0 Å². The molecule has 0 atom stereocenters. The maximum atomic E-state index is 13.2. The van der Waals surface area contributed by atoms with Crippen molar-refractivity contribution in [2.75, 3.05) is 27.3 Å². The number of carbonyl (C=O) groups is 1. The van der Waals surface area contributed by atoms with E-state index in [-0.39, 0.29) is 17.0 Å². The SMILES string of the molecule is COc1cc2c(c(OC)c1)C(C)(C)C=C1N(C2)C(=O)NC12CCN(Cc1ccccc1)CC2. The Bertz CT molecular complexity index is 1090. The predicted molar refractivity (Wildman–Crippen MR) is 128 cm³/mol. The minimum atomic E-state index is -0.319. The van der Waals surface area contributed by atoms with E-state index >= 15 is 0 Å². The first kappa shape index (κ1) is 21.8. The summed E-state index contributed by atoms with van der Waals surface area (Å²) in [6.45, 7) is 7.77. The Hall–Kier alpha value is -2.99. The topological polar surface area (TPSA) is 54.0 Å². The molecule has 0 radical (unpaired) electrons. The van der Waals surface area contributed by atoms with Crippen LogP contribution >= 0.6 is 0 Å². The van der Waals surface area contributed by atoms with Gasteiger partial charge in [0.2, 0.25) is 0 Å². The first-order chi connectivity index (χ1) is 15.8. The van der Waals surface area contributed by atoms with Crippen molar-refractivity contribution < 1.29 is 14.3 Å². The largest absolute Gasteiger partial charge is 0.497 e. The van der Waals surface area contributed by atoms with Crippen molar-refractivity contribution in [1.82, 2.24) is 15.1 Å². The van der Waals surface area contributed by atoms with E-state index in [0.29, 0.717) is 6.54 Å². The molecule has 1 spiro atoms. The van der Waals surface area contributed by atoms with Crippen LogP contribution in [0.1, 0.15) is 43.4 Å². The normalized spacial score (nSPS) is 21.0. The van der Waals surface area contributed by atoms with Crippen molar-refractivity contribution in [2.24, 2.45) is 0 Å². The van der Waals surface area contributed by atoms with Crippen LogP contribution in [0.4, 0.5) is 4.79 Å². The summed E-state index contributed by atoms with van der Waals surface area (Å²) in [4.78, 5) is 17.7. The average molecular weight is 448 g/mol. The Morgan fingerprint density at radius 1 is 1.03 bits per heavy atom. The van der Waals surface area contributed by atoms with Crippen molar-refractivity contribution in [2.45, 2.75) is 50.7 Å². The highest BCUT2D eigenvalue weighted by atomic mass is 16.5. The van der Waals surface area contributed by atoms with Crippen molar-refractivity contribution in [3.63, 3.8) is 0 Å². The molecule has 6 heteroatoms. The minimum Gasteiger partial charge on any atom is -0.497 e. The summed E-state index contributed by atoms with van der Waals surface area (Å²) >= 11 is 0. The maximum absolute atomic E-state index is 13.2. The monoisotopic (exact) mass is 447 g/mol. The fourth-order valence-corrected chi connectivity index (χ4v) is 5.76. The lowest BCUT2D eigenvalue weighted by Crippen LogP contribution is -2.51. The van der Waals surface area contributed by atoms with Crippen molar-refractivity contribution in [3.8, 4) is 11.5 Å². The van der Waals surface area contributed by atoms with Gasteiger partial charge in [0.05, 0.1) is 26.3 Å². The molecule has 3 heterocycles. The summed E-state index contributed by atoms with van der Waals surface area (Å²) in [5.74, 6) is 1.55. The fourth-order valence-electron chi connectivity index (χ4n) is 5.76. The van der Waals surface area contributed by atoms with E-state index in [4.69, 9.17) is 9.47 Å². The molecule has 3 aliphatic heterocycles. The first-order valence-corrected chi connectivity index (χ1v) is 11.7. The molecule has 3 aliphatic rings. The highest BCUT2D eigenvalue weighted by molar-refractivity contribution is 5.83. The van der Waals surface area contributed by atoms with Crippen molar-refractivity contribution in [3.05, 3.63) is 70.9 Å². The number of rotatable bonds is 4. The van der Waals surface area contributed by atoms with Gasteiger partial charge >= 0.3 is 6.03 Å². The molecule has 0 aliphatic carbocycles. The molecule has 0 unspecified atom stereocenters. The van der Waals surface area contributed by atoms with Gasteiger partial charge in [-0.25, -0.2) is 4.79 Å². The van der Waals surface area contributed by atoms with Gasteiger partial charge < -0.3 is 14.8 Å². The van der Waals surface area contributed by atoms with Crippen molar-refractivity contribution >= 4 is 6.03 Å². The quantitative estimate of drug-likeness (QED) is 0.753. The highest BCUT2D eigenvalue weighted by Gasteiger charge is 2.51. The third-order valence-corrected chi connectivity index (χ3v) is 7.41. The van der Waals surface area contributed by atoms with Gasteiger partial charge in [-0.2, -0.15) is 0 Å². The van der Waals surface area contributed by atoms with Gasteiger partial charge in [0.15, 0.2) is 0 Å². The second kappa shape index (κ2) is 8.10. The van der Waals surface area contributed by atoms with Gasteiger partial charge in [-0.15, -0.1) is 0 Å². The van der Waals surface area contributed by atoms with Crippen LogP contribution in [-0.2, 0) is 18.5 Å². The van der Waals surface area contributed by atoms with Gasteiger partial charge in [0.25, 0.3) is 0 Å². The molecule has 0 bridgehead atoms. The lowest BCUT2D eigenvalue weighted by atomic mass is 9.77. The Balaban J connectivity index is 1.46. The van der Waals surface area contributed by atoms with Gasteiger partial charge in [0.1, 0.15) is 11.5 Å². The molecular formula is C27H33N3O3. The number of carbonyl (C=O) groups excluding carboxylic acids is 1. The maximum Gasteiger partial charge on any atom is 0.322 e. The van der Waals surface area contributed by atoms with Crippen LogP contribution in [0.15, 0.2) is 54.2 Å². The van der Waals surface area contributed by atoms with Crippen LogP contribution in [0.2, 0.25) is 0 Å². The number of hydrogen-bond acceptors (Lipinski definition) is 4. The molecular weight excluding hydrogens is 414 g/mol. The number of hydrogen-bond donors (Lipinski definition) is 1. The Morgan fingerprint density at radius 3 is 2.42 bits per heavy atom. The molecule has 0 saturated carbocycles. The Kier molecular flexibility index (Phi) is 5.36. The average Bonchev–Trinajstić information content (AvgIpc) is 2.96. The number of amides is 2. The first-order valence-electron chi connectivity index (χ1n) is 11.7. The minimum absolute atomic E-state index is 0.0109. The van der Waals surface area contributed by atoms with E-state index < -0.39 is 0 Å². The molecule has 33 heavy (non-hydrogen) atoms. The zero-order chi connectivity index (χ0) is 23.2. The molecule has 1 N–H and O–H groups in total. The summed E-state index contributed by atoms with van der Waals surface area (Å²) in [6, 6.07) is 14.6. The molecule has 5 rings (SSSR count). The highest BCUT2D eigenvalue weighted by Crippen LogP contribution is 2.47. The number of likely N-dealkylation sites (tertiary alicyclic amines) is 1. The number of ether oxygens (including phenoxy) is 2. The number of methoxy groups -OCH3 is 2. The van der Waals surface area contributed by atoms with Gasteiger partial charge in [-0.1, -0.05) is 50.3 Å². The van der Waals surface area contributed by atoms with Crippen LogP contribution in [0.3, 0.4) is 0 Å². The van der Waals surface area contributed by atoms with Crippen molar-refractivity contribution in [1.29, 1.82) is 0 Å². The number of benzene rings is 2. The van der Waals surface area contributed by atoms with Gasteiger partial charge in [0, 0.05) is 42.4 Å². The summed E-state index contributed by atoms with van der Waals surface area (Å²) in [5.41, 5.74) is 4.01. The van der Waals surface area contributed by atoms with Crippen LogP contribution in [0.25, 0.3) is 0 Å². The number of urea groups is 1. The number of piperidine rings is 1. The smallest absolute Gasteiger partial charge is 0.322 e. The second-order valence-corrected chi connectivity index (χ2v) is 9.98. The zero-order valence-corrected chi connectivity index (χ0v) is 20.0. The van der Waals surface area contributed by atoms with E-state index in [1.165, 1.54) is 5.56 Å². The van der Waals surface area contributed by atoms with Gasteiger partial charge in [-0.3, -0.25) is 9.80 Å². The van der Waals surface area contributed by atoms with Crippen LogP contribution in [0, 0.1) is 0 Å². The summed E-state index contributed by atoms with van der Waals surface area (Å²) in [7, 11) is 3.36. The Morgan fingerprint density at radius 2 is 1.76 bits per heavy atom. The van der Waals surface area contributed by atoms with E-state index in [1.54, 1.807) is 14.2 Å². The lowest BCUT2D eigenvalue weighted by molar-refractivity contribution is 0.160. The van der Waals surface area contributed by atoms with Crippen LogP contribution in [-0.4, -0.2) is 48.7 Å². The second-order valence-electron chi connectivity index (χ2n) is 9.98. The number of nitrogens with one attached hydrogen (secondary N) is 1. The summed E-state index contributed by atoms with van der Waals surface area (Å²) in [6.07, 6.45) is 4.10. The molecule has 2 aromatic carbocycles. The van der Waals surface area contributed by atoms with E-state index in [0.717, 1.165) is 60.8 Å². The fraction of sp³-hybridized carbons (Fsp3) is 0.444. The predicted octanol–water partition coefficient (Wildman–Crippen LogP) is 4.44. The molecule has 6 nitrogen and oxygen atoms in total. The third-order valence-electron chi connectivity index (χ3n) is 7.41. The molecule has 2 aromatic rings. The zero-order valence-electron chi connectivity index (χ0n) is 20.0. The summed E-state index contributed by atoms with van der Waals surface area (Å²) in [5, 5.41) is 3.38. The molecule has 174 valence electrons. The lowest BCUT2D eigenvalue weighted by Gasteiger charge is -2.40. The molecule has 2 saturated heterocycles. The standard InChI is InChI=1S/C27H33N3O3/c1-26(2)16-23-27(10-12-29(13-11-27)17-19-8-6-5-7-9-19)28-25(31)30(23)18-20-14-21(32-3)15-22(33-4)24(20)26/h5-9,14-16H,10-13,17-18H2,1-4H3,(H,28,31). The summed E-state index contributed by atoms with van der Waals surface area (Å²) < 4.78 is 11.3. The van der Waals surface area contributed by atoms with E-state index in [1.807, 2.05) is 17.0 Å². The Labute approximate surface area is 196 Å². The number of fused-ring (bicyclic) bond motifs is 3. The molecule has 2 amide bonds. The number of allylic oxidation sites excluding steroid dienone is 1. The molecule has 2 fully saturated rings.